The SMILES string of the molecule is Cc1ccc2c(c1)C(C)(C)[C@]1(C=Cc3ccccc3F)NC(=O)CCN21. The molecule has 0 unspecified atom stereocenters. The summed E-state index contributed by atoms with van der Waals surface area (Å²) in [5.41, 5.74) is 2.99. The molecular weight excluding hydrogens is 327 g/mol. The molecule has 1 amide bonds. The van der Waals surface area contributed by atoms with Crippen LogP contribution in [-0.4, -0.2) is 18.1 Å². The molecule has 26 heavy (non-hydrogen) atoms. The minimum absolute atomic E-state index is 0.0250. The lowest BCUT2D eigenvalue weighted by molar-refractivity contribution is -0.124. The molecule has 3 nitrogen and oxygen atoms in total. The van der Waals surface area contributed by atoms with Crippen molar-refractivity contribution in [3.63, 3.8) is 0 Å². The second-order valence-corrected chi connectivity index (χ2v) is 7.72. The molecule has 1 saturated heterocycles. The number of benzene rings is 2. The predicted molar refractivity (Wildman–Crippen MR) is 102 cm³/mol. The Kier molecular flexibility index (Phi) is 3.69. The van der Waals surface area contributed by atoms with Crippen molar-refractivity contribution < 1.29 is 9.18 Å². The van der Waals surface area contributed by atoms with Crippen molar-refractivity contribution in [2.45, 2.75) is 38.3 Å². The van der Waals surface area contributed by atoms with Crippen LogP contribution in [0.1, 0.15) is 37.0 Å². The number of hydrogen-bond acceptors (Lipinski definition) is 2. The van der Waals surface area contributed by atoms with Crippen LogP contribution in [0.3, 0.4) is 0 Å². The zero-order chi connectivity index (χ0) is 18.5. The van der Waals surface area contributed by atoms with E-state index in [1.165, 1.54) is 17.2 Å². The molecular formula is C22H23FN2O. The van der Waals surface area contributed by atoms with Crippen LogP contribution in [0.2, 0.25) is 0 Å². The Morgan fingerprint density at radius 3 is 2.73 bits per heavy atom. The normalized spacial score (nSPS) is 23.7. The van der Waals surface area contributed by atoms with E-state index in [4.69, 9.17) is 0 Å². The molecule has 0 spiro atoms. The second kappa shape index (κ2) is 5.70. The summed E-state index contributed by atoms with van der Waals surface area (Å²) in [5, 5.41) is 3.22. The van der Waals surface area contributed by atoms with Gasteiger partial charge in [0.05, 0.1) is 0 Å². The van der Waals surface area contributed by atoms with Crippen LogP contribution in [0, 0.1) is 12.7 Å². The Balaban J connectivity index is 1.88. The molecule has 0 saturated carbocycles. The van der Waals surface area contributed by atoms with Gasteiger partial charge in [-0.2, -0.15) is 0 Å². The number of nitrogens with one attached hydrogen (secondary N) is 1. The van der Waals surface area contributed by atoms with Gasteiger partial charge in [0.1, 0.15) is 11.5 Å². The smallest absolute Gasteiger partial charge is 0.223 e. The standard InChI is InChI=1S/C22H23FN2O/c1-15-8-9-19-17(14-15)21(2,3)22(24-20(26)11-13-25(19)22)12-10-16-6-4-5-7-18(16)23/h4-10,12,14H,11,13H2,1-3H3,(H,24,26)/t22-/m1/s1. The fourth-order valence-electron chi connectivity index (χ4n) is 4.29. The summed E-state index contributed by atoms with van der Waals surface area (Å²) >= 11 is 0. The first-order valence-corrected chi connectivity index (χ1v) is 8.99. The van der Waals surface area contributed by atoms with Crippen molar-refractivity contribution in [1.82, 2.24) is 5.32 Å². The highest BCUT2D eigenvalue weighted by Gasteiger charge is 2.57. The van der Waals surface area contributed by atoms with Gasteiger partial charge in [-0.1, -0.05) is 55.8 Å². The average Bonchev–Trinajstić information content (AvgIpc) is 2.79. The summed E-state index contributed by atoms with van der Waals surface area (Å²) in [6.45, 7) is 7.01. The summed E-state index contributed by atoms with van der Waals surface area (Å²) < 4.78 is 14.1. The Bertz CT molecular complexity index is 918. The fourth-order valence-corrected chi connectivity index (χ4v) is 4.29. The van der Waals surface area contributed by atoms with Gasteiger partial charge in [0.25, 0.3) is 0 Å². The highest BCUT2D eigenvalue weighted by molar-refractivity contribution is 5.84. The lowest BCUT2D eigenvalue weighted by atomic mass is 9.74. The maximum absolute atomic E-state index is 14.1. The summed E-state index contributed by atoms with van der Waals surface area (Å²) in [6, 6.07) is 13.1. The molecule has 1 N–H and O–H groups in total. The molecule has 0 radical (unpaired) electrons. The summed E-state index contributed by atoms with van der Waals surface area (Å²) in [5.74, 6) is -0.241. The Morgan fingerprint density at radius 1 is 1.19 bits per heavy atom. The lowest BCUT2D eigenvalue weighted by Gasteiger charge is -2.49. The second-order valence-electron chi connectivity index (χ2n) is 7.72. The van der Waals surface area contributed by atoms with Gasteiger partial charge in [0.2, 0.25) is 5.91 Å². The largest absolute Gasteiger partial charge is 0.344 e. The summed E-state index contributed by atoms with van der Waals surface area (Å²) in [4.78, 5) is 14.6. The molecule has 1 atom stereocenters. The van der Waals surface area contributed by atoms with Gasteiger partial charge >= 0.3 is 0 Å². The van der Waals surface area contributed by atoms with Crippen molar-refractivity contribution in [2.75, 3.05) is 11.4 Å². The predicted octanol–water partition coefficient (Wildman–Crippen LogP) is 4.16. The molecule has 1 fully saturated rings. The van der Waals surface area contributed by atoms with Gasteiger partial charge in [-0.15, -0.1) is 0 Å². The van der Waals surface area contributed by atoms with Crippen molar-refractivity contribution in [1.29, 1.82) is 0 Å². The van der Waals surface area contributed by atoms with Crippen molar-refractivity contribution >= 4 is 17.7 Å². The van der Waals surface area contributed by atoms with E-state index < -0.39 is 5.66 Å². The van der Waals surface area contributed by atoms with E-state index in [0.717, 1.165) is 5.69 Å². The van der Waals surface area contributed by atoms with Gasteiger partial charge in [-0.3, -0.25) is 4.79 Å². The molecule has 2 heterocycles. The van der Waals surface area contributed by atoms with E-state index in [9.17, 15) is 9.18 Å². The van der Waals surface area contributed by atoms with Crippen LogP contribution >= 0.6 is 0 Å². The van der Waals surface area contributed by atoms with Gasteiger partial charge in [0, 0.05) is 29.6 Å². The minimum Gasteiger partial charge on any atom is -0.344 e. The number of fused-ring (bicyclic) bond motifs is 3. The molecule has 2 aromatic rings. The number of rotatable bonds is 2. The molecule has 0 bridgehead atoms. The monoisotopic (exact) mass is 350 g/mol. The number of aryl methyl sites for hydroxylation is 1. The number of carbonyl (C=O) groups excluding carboxylic acids is 1. The molecule has 2 aliphatic heterocycles. The zero-order valence-corrected chi connectivity index (χ0v) is 15.3. The van der Waals surface area contributed by atoms with Crippen LogP contribution in [0.15, 0.2) is 48.5 Å². The number of carbonyl (C=O) groups is 1. The molecule has 2 aromatic carbocycles. The van der Waals surface area contributed by atoms with Gasteiger partial charge in [-0.05, 0) is 30.7 Å². The van der Waals surface area contributed by atoms with Crippen LogP contribution in [0.5, 0.6) is 0 Å². The van der Waals surface area contributed by atoms with E-state index in [2.05, 4.69) is 49.2 Å². The van der Waals surface area contributed by atoms with E-state index in [0.29, 0.717) is 18.5 Å². The van der Waals surface area contributed by atoms with Crippen molar-refractivity contribution in [2.24, 2.45) is 0 Å². The lowest BCUT2D eigenvalue weighted by Crippen LogP contribution is -2.68. The number of amides is 1. The maximum atomic E-state index is 14.1. The molecule has 0 aliphatic carbocycles. The highest BCUT2D eigenvalue weighted by atomic mass is 19.1. The molecule has 4 rings (SSSR count). The van der Waals surface area contributed by atoms with Crippen molar-refractivity contribution in [3.05, 3.63) is 71.0 Å². The zero-order valence-electron chi connectivity index (χ0n) is 15.3. The van der Waals surface area contributed by atoms with E-state index in [1.54, 1.807) is 18.2 Å². The first-order chi connectivity index (χ1) is 12.3. The third-order valence-electron chi connectivity index (χ3n) is 5.80. The minimum atomic E-state index is -0.708. The van der Waals surface area contributed by atoms with Gasteiger partial charge in [-0.25, -0.2) is 4.39 Å². The summed E-state index contributed by atoms with van der Waals surface area (Å²) in [6.07, 6.45) is 4.20. The third kappa shape index (κ3) is 2.28. The molecule has 134 valence electrons. The van der Waals surface area contributed by atoms with Crippen LogP contribution < -0.4 is 10.2 Å². The van der Waals surface area contributed by atoms with Gasteiger partial charge < -0.3 is 10.2 Å². The van der Waals surface area contributed by atoms with Gasteiger partial charge in [0.15, 0.2) is 0 Å². The van der Waals surface area contributed by atoms with E-state index in [-0.39, 0.29) is 17.1 Å². The number of hydrogen-bond donors (Lipinski definition) is 1. The highest BCUT2D eigenvalue weighted by Crippen LogP contribution is 2.52. The van der Waals surface area contributed by atoms with E-state index >= 15 is 0 Å². The number of halogens is 1. The first-order valence-electron chi connectivity index (χ1n) is 8.99. The Morgan fingerprint density at radius 2 is 1.96 bits per heavy atom. The van der Waals surface area contributed by atoms with E-state index in [1.807, 2.05) is 12.1 Å². The molecule has 2 aliphatic rings. The molecule has 0 aromatic heterocycles. The van der Waals surface area contributed by atoms with Crippen molar-refractivity contribution in [3.8, 4) is 0 Å². The molecule has 4 heteroatoms. The topological polar surface area (TPSA) is 32.3 Å². The Labute approximate surface area is 153 Å². The van der Waals surface area contributed by atoms with Crippen LogP contribution in [-0.2, 0) is 10.2 Å². The Hall–Kier alpha value is -2.62. The van der Waals surface area contributed by atoms with Crippen LogP contribution in [0.25, 0.3) is 6.08 Å². The number of nitrogens with zero attached hydrogens (tertiary/aromatic N) is 1. The quantitative estimate of drug-likeness (QED) is 0.882. The third-order valence-corrected chi connectivity index (χ3v) is 5.80. The summed E-state index contributed by atoms with van der Waals surface area (Å²) in [7, 11) is 0. The fraction of sp³-hybridized carbons (Fsp3) is 0.318. The maximum Gasteiger partial charge on any atom is 0.223 e. The number of anilines is 1. The average molecular weight is 350 g/mol. The van der Waals surface area contributed by atoms with Crippen LogP contribution in [0.4, 0.5) is 10.1 Å². The first kappa shape index (κ1) is 16.8.